The Kier molecular flexibility index (Phi) is 4.10. The molecule has 2 unspecified atom stereocenters. The van der Waals surface area contributed by atoms with Crippen molar-refractivity contribution in [2.75, 3.05) is 13.1 Å². The Hall–Kier alpha value is -1.55. The Labute approximate surface area is 115 Å². The molecule has 0 radical (unpaired) electrons. The Morgan fingerprint density at radius 2 is 1.95 bits per heavy atom. The van der Waals surface area contributed by atoms with Crippen LogP contribution in [-0.4, -0.2) is 30.1 Å². The molecule has 2 rings (SSSR count). The summed E-state index contributed by atoms with van der Waals surface area (Å²) in [6.45, 7) is 7.52. The van der Waals surface area contributed by atoms with Crippen molar-refractivity contribution in [3.63, 3.8) is 0 Å². The van der Waals surface area contributed by atoms with Gasteiger partial charge >= 0.3 is 6.03 Å². The van der Waals surface area contributed by atoms with E-state index in [4.69, 9.17) is 5.73 Å². The first-order valence-corrected chi connectivity index (χ1v) is 6.90. The minimum Gasteiger partial charge on any atom is -0.329 e. The summed E-state index contributed by atoms with van der Waals surface area (Å²) in [7, 11) is 0. The lowest BCUT2D eigenvalue weighted by Crippen LogP contribution is -2.40. The minimum absolute atomic E-state index is 0.0177. The van der Waals surface area contributed by atoms with Gasteiger partial charge in [0.25, 0.3) is 0 Å². The lowest BCUT2D eigenvalue weighted by atomic mass is 9.99. The Morgan fingerprint density at radius 3 is 2.47 bits per heavy atom. The van der Waals surface area contributed by atoms with Gasteiger partial charge in [-0.15, -0.1) is 0 Å². The van der Waals surface area contributed by atoms with Gasteiger partial charge in [-0.3, -0.25) is 0 Å². The monoisotopic (exact) mass is 261 g/mol. The second kappa shape index (κ2) is 5.61. The number of nitrogens with one attached hydrogen (secondary N) is 1. The maximum absolute atomic E-state index is 11.9. The number of amides is 2. The normalized spacial score (nSPS) is 20.8. The van der Waals surface area contributed by atoms with Crippen LogP contribution in [0.3, 0.4) is 0 Å². The van der Waals surface area contributed by atoms with Crippen molar-refractivity contribution >= 4 is 6.03 Å². The van der Waals surface area contributed by atoms with Crippen molar-refractivity contribution in [2.24, 2.45) is 5.73 Å². The molecule has 4 nitrogen and oxygen atoms in total. The van der Waals surface area contributed by atoms with Crippen LogP contribution in [0, 0.1) is 0 Å². The van der Waals surface area contributed by atoms with Gasteiger partial charge in [0, 0.05) is 19.1 Å². The van der Waals surface area contributed by atoms with Crippen molar-refractivity contribution in [1.82, 2.24) is 10.2 Å². The highest BCUT2D eigenvalue weighted by Crippen LogP contribution is 2.23. The molecule has 1 heterocycles. The topological polar surface area (TPSA) is 58.4 Å². The Morgan fingerprint density at radius 1 is 1.32 bits per heavy atom. The van der Waals surface area contributed by atoms with Gasteiger partial charge < -0.3 is 16.0 Å². The molecule has 1 aromatic rings. The molecule has 0 saturated carbocycles. The van der Waals surface area contributed by atoms with Gasteiger partial charge in [0.05, 0.1) is 6.04 Å². The summed E-state index contributed by atoms with van der Waals surface area (Å²) < 4.78 is 0. The first-order valence-electron chi connectivity index (χ1n) is 6.90. The third-order valence-electron chi connectivity index (χ3n) is 3.82. The van der Waals surface area contributed by atoms with E-state index in [9.17, 15) is 4.79 Å². The number of carbonyl (C=O) groups excluding carboxylic acids is 1. The summed E-state index contributed by atoms with van der Waals surface area (Å²) in [5, 5.41) is 3.02. The van der Waals surface area contributed by atoms with Crippen LogP contribution in [-0.2, 0) is 0 Å². The van der Waals surface area contributed by atoms with Gasteiger partial charge in [-0.2, -0.15) is 0 Å². The molecular formula is C15H23N3O. The zero-order valence-electron chi connectivity index (χ0n) is 11.9. The quantitative estimate of drug-likeness (QED) is 0.873. The third-order valence-corrected chi connectivity index (χ3v) is 3.82. The van der Waals surface area contributed by atoms with E-state index in [-0.39, 0.29) is 18.1 Å². The van der Waals surface area contributed by atoms with E-state index in [2.05, 4.69) is 43.4 Å². The molecule has 0 bridgehead atoms. The predicted molar refractivity (Wildman–Crippen MR) is 77.0 cm³/mol. The molecule has 2 atom stereocenters. The van der Waals surface area contributed by atoms with Crippen LogP contribution >= 0.6 is 0 Å². The van der Waals surface area contributed by atoms with Crippen molar-refractivity contribution in [1.29, 1.82) is 0 Å². The van der Waals surface area contributed by atoms with Gasteiger partial charge in [0.15, 0.2) is 0 Å². The number of nitrogens with two attached hydrogens (primary N) is 1. The minimum atomic E-state index is -0.0177. The van der Waals surface area contributed by atoms with E-state index in [1.165, 1.54) is 5.56 Å². The van der Waals surface area contributed by atoms with E-state index in [1.807, 2.05) is 6.92 Å². The molecule has 104 valence electrons. The van der Waals surface area contributed by atoms with Gasteiger partial charge in [-0.25, -0.2) is 4.79 Å². The largest absolute Gasteiger partial charge is 0.329 e. The van der Waals surface area contributed by atoms with Crippen LogP contribution in [0.2, 0.25) is 0 Å². The van der Waals surface area contributed by atoms with Gasteiger partial charge in [0.2, 0.25) is 0 Å². The molecule has 0 aromatic heterocycles. The SMILES string of the molecule is CC(C)c1ccc(C2CN(C(C)CN)C(=O)N2)cc1. The molecule has 1 aliphatic heterocycles. The fourth-order valence-corrected chi connectivity index (χ4v) is 2.37. The van der Waals surface area contributed by atoms with Crippen molar-refractivity contribution < 1.29 is 4.79 Å². The number of nitrogens with zero attached hydrogens (tertiary/aromatic N) is 1. The summed E-state index contributed by atoms with van der Waals surface area (Å²) >= 11 is 0. The molecule has 3 N–H and O–H groups in total. The summed E-state index contributed by atoms with van der Waals surface area (Å²) in [6, 6.07) is 8.63. The summed E-state index contributed by atoms with van der Waals surface area (Å²) in [6.07, 6.45) is 0. The van der Waals surface area contributed by atoms with Crippen LogP contribution in [0.15, 0.2) is 24.3 Å². The maximum atomic E-state index is 11.9. The van der Waals surface area contributed by atoms with Crippen LogP contribution in [0.4, 0.5) is 4.79 Å². The highest BCUT2D eigenvalue weighted by Gasteiger charge is 2.32. The molecule has 1 aliphatic rings. The van der Waals surface area contributed by atoms with Gasteiger partial charge in [-0.05, 0) is 24.0 Å². The van der Waals surface area contributed by atoms with Crippen LogP contribution in [0.1, 0.15) is 43.9 Å². The first-order chi connectivity index (χ1) is 9.02. The second-order valence-electron chi connectivity index (χ2n) is 5.56. The molecule has 1 fully saturated rings. The maximum Gasteiger partial charge on any atom is 0.318 e. The lowest BCUT2D eigenvalue weighted by molar-refractivity contribution is 0.203. The fraction of sp³-hybridized carbons (Fsp3) is 0.533. The number of hydrogen-bond acceptors (Lipinski definition) is 2. The van der Waals surface area contributed by atoms with Crippen molar-refractivity contribution in [3.05, 3.63) is 35.4 Å². The first kappa shape index (κ1) is 13.9. The molecule has 0 spiro atoms. The molecular weight excluding hydrogens is 238 g/mol. The van der Waals surface area contributed by atoms with Crippen LogP contribution in [0.25, 0.3) is 0 Å². The zero-order valence-corrected chi connectivity index (χ0v) is 11.9. The van der Waals surface area contributed by atoms with E-state index in [1.54, 1.807) is 4.90 Å². The summed E-state index contributed by atoms with van der Waals surface area (Å²) in [5.41, 5.74) is 8.11. The standard InChI is InChI=1S/C15H23N3O/c1-10(2)12-4-6-13(7-5-12)14-9-18(11(3)8-16)15(19)17-14/h4-7,10-11,14H,8-9,16H2,1-3H3,(H,17,19). The highest BCUT2D eigenvalue weighted by molar-refractivity contribution is 5.77. The average Bonchev–Trinajstić information content (AvgIpc) is 2.80. The van der Waals surface area contributed by atoms with E-state index < -0.39 is 0 Å². The van der Waals surface area contributed by atoms with Crippen molar-refractivity contribution in [2.45, 2.75) is 38.8 Å². The Bertz CT molecular complexity index is 441. The number of benzene rings is 1. The number of urea groups is 1. The van der Waals surface area contributed by atoms with Gasteiger partial charge in [-0.1, -0.05) is 38.1 Å². The molecule has 19 heavy (non-hydrogen) atoms. The lowest BCUT2D eigenvalue weighted by Gasteiger charge is -2.21. The smallest absolute Gasteiger partial charge is 0.318 e. The van der Waals surface area contributed by atoms with E-state index in [0.717, 1.165) is 5.56 Å². The Balaban J connectivity index is 2.09. The third kappa shape index (κ3) is 2.89. The molecule has 0 aliphatic carbocycles. The predicted octanol–water partition coefficient (Wildman–Crippen LogP) is 2.22. The molecule has 2 amide bonds. The second-order valence-corrected chi connectivity index (χ2v) is 5.56. The number of rotatable bonds is 4. The van der Waals surface area contributed by atoms with Crippen molar-refractivity contribution in [3.8, 4) is 0 Å². The van der Waals surface area contributed by atoms with E-state index >= 15 is 0 Å². The molecule has 1 saturated heterocycles. The van der Waals surface area contributed by atoms with E-state index in [0.29, 0.717) is 19.0 Å². The molecule has 4 heteroatoms. The zero-order chi connectivity index (χ0) is 14.0. The van der Waals surface area contributed by atoms with Crippen LogP contribution in [0.5, 0.6) is 0 Å². The highest BCUT2D eigenvalue weighted by atomic mass is 16.2. The summed E-state index contributed by atoms with van der Waals surface area (Å²) in [4.78, 5) is 13.7. The average molecular weight is 261 g/mol. The molecule has 1 aromatic carbocycles. The van der Waals surface area contributed by atoms with Crippen LogP contribution < -0.4 is 11.1 Å². The summed E-state index contributed by atoms with van der Waals surface area (Å²) in [5.74, 6) is 0.529. The number of carbonyl (C=O) groups is 1. The number of hydrogen-bond donors (Lipinski definition) is 2. The fourth-order valence-electron chi connectivity index (χ4n) is 2.37. The van der Waals surface area contributed by atoms with Gasteiger partial charge in [0.1, 0.15) is 0 Å².